The van der Waals surface area contributed by atoms with E-state index in [1.165, 1.54) is 18.2 Å². The normalized spacial score (nSPS) is 12.5. The number of amides is 1. The minimum atomic E-state index is -0.392. The minimum absolute atomic E-state index is 0.0238. The molecule has 1 unspecified atom stereocenters. The van der Waals surface area contributed by atoms with Crippen molar-refractivity contribution in [1.82, 2.24) is 5.32 Å². The predicted molar refractivity (Wildman–Crippen MR) is 69.7 cm³/mol. The van der Waals surface area contributed by atoms with Gasteiger partial charge in [0.15, 0.2) is 0 Å². The Labute approximate surface area is 109 Å². The fourth-order valence-electron chi connectivity index (χ4n) is 1.34. The topological polar surface area (TPSA) is 69.6 Å². The fraction of sp³-hybridized carbons (Fsp3) is 0.417. The van der Waals surface area contributed by atoms with Crippen LogP contribution in [0.3, 0.4) is 0 Å². The lowest BCUT2D eigenvalue weighted by atomic mass is 10.1. The molecule has 0 heterocycles. The third-order valence-corrected chi connectivity index (χ3v) is 3.21. The summed E-state index contributed by atoms with van der Waals surface area (Å²) in [4.78, 5) is 11.9. The first-order valence-corrected chi connectivity index (χ1v) is 6.46. The van der Waals surface area contributed by atoms with Gasteiger partial charge in [0.05, 0.1) is 5.56 Å². The molecule has 5 heteroatoms. The monoisotopic (exact) mass is 301 g/mol. The number of aromatic hydroxyl groups is 2. The van der Waals surface area contributed by atoms with E-state index in [0.717, 1.165) is 0 Å². The second-order valence-electron chi connectivity index (χ2n) is 4.18. The maximum absolute atomic E-state index is 11.9. The van der Waals surface area contributed by atoms with Crippen molar-refractivity contribution in [3.05, 3.63) is 23.8 Å². The number of hydrogen-bond acceptors (Lipinski definition) is 3. The molecule has 3 N–H and O–H groups in total. The smallest absolute Gasteiger partial charge is 0.255 e. The lowest BCUT2D eigenvalue weighted by molar-refractivity contribution is 0.0928. The number of hydrogen-bond donors (Lipinski definition) is 3. The van der Waals surface area contributed by atoms with E-state index in [1.54, 1.807) is 0 Å². The number of alkyl halides is 1. The molecule has 0 aromatic heterocycles. The first-order valence-electron chi connectivity index (χ1n) is 5.34. The largest absolute Gasteiger partial charge is 0.508 e. The molecule has 94 valence electrons. The van der Waals surface area contributed by atoms with Gasteiger partial charge in [0.2, 0.25) is 0 Å². The maximum atomic E-state index is 11.9. The number of carbonyl (C=O) groups excluding carboxylic acids is 1. The average molecular weight is 302 g/mol. The van der Waals surface area contributed by atoms with Crippen molar-refractivity contribution in [1.29, 1.82) is 0 Å². The molecular weight excluding hydrogens is 286 g/mol. The summed E-state index contributed by atoms with van der Waals surface area (Å²) in [7, 11) is 0. The van der Waals surface area contributed by atoms with Crippen LogP contribution >= 0.6 is 15.9 Å². The number of phenolic OH excluding ortho intramolecular Hbond substituents is 2. The Balaban J connectivity index is 2.86. The molecule has 0 saturated heterocycles. The zero-order chi connectivity index (χ0) is 13.0. The summed E-state index contributed by atoms with van der Waals surface area (Å²) in [5.74, 6) is -0.306. The molecule has 0 aliphatic rings. The van der Waals surface area contributed by atoms with Gasteiger partial charge >= 0.3 is 0 Å². The van der Waals surface area contributed by atoms with Crippen LogP contribution in [0.25, 0.3) is 0 Å². The standard InChI is InChI=1S/C12H16BrNO3/c1-7(2)10(6-13)14-12(17)9-5-8(15)3-4-11(9)16/h3-5,7,10,15-16H,6H2,1-2H3,(H,14,17). The highest BCUT2D eigenvalue weighted by atomic mass is 79.9. The van der Waals surface area contributed by atoms with Crippen molar-refractivity contribution in [2.45, 2.75) is 19.9 Å². The van der Waals surface area contributed by atoms with E-state index in [9.17, 15) is 15.0 Å². The van der Waals surface area contributed by atoms with E-state index in [-0.39, 0.29) is 29.0 Å². The van der Waals surface area contributed by atoms with Crippen molar-refractivity contribution < 1.29 is 15.0 Å². The second kappa shape index (κ2) is 5.91. The number of rotatable bonds is 4. The van der Waals surface area contributed by atoms with Crippen molar-refractivity contribution in [3.63, 3.8) is 0 Å². The molecule has 17 heavy (non-hydrogen) atoms. The Morgan fingerprint density at radius 1 is 1.41 bits per heavy atom. The molecule has 1 aromatic carbocycles. The molecule has 1 atom stereocenters. The number of nitrogens with one attached hydrogen (secondary N) is 1. The van der Waals surface area contributed by atoms with Gasteiger partial charge in [-0.25, -0.2) is 0 Å². The highest BCUT2D eigenvalue weighted by molar-refractivity contribution is 9.09. The fourth-order valence-corrected chi connectivity index (χ4v) is 2.24. The summed E-state index contributed by atoms with van der Waals surface area (Å²) in [6.45, 7) is 3.99. The van der Waals surface area contributed by atoms with Gasteiger partial charge in [-0.15, -0.1) is 0 Å². The summed E-state index contributed by atoms with van der Waals surface area (Å²) >= 11 is 3.32. The van der Waals surface area contributed by atoms with E-state index in [4.69, 9.17) is 0 Å². The second-order valence-corrected chi connectivity index (χ2v) is 4.83. The molecule has 0 radical (unpaired) electrons. The minimum Gasteiger partial charge on any atom is -0.508 e. The Bertz CT molecular complexity index is 407. The number of benzene rings is 1. The molecule has 0 saturated carbocycles. The summed E-state index contributed by atoms with van der Waals surface area (Å²) < 4.78 is 0. The van der Waals surface area contributed by atoms with E-state index >= 15 is 0 Å². The van der Waals surface area contributed by atoms with Gasteiger partial charge in [0.1, 0.15) is 11.5 Å². The van der Waals surface area contributed by atoms with E-state index in [2.05, 4.69) is 21.2 Å². The predicted octanol–water partition coefficient (Wildman–Crippen LogP) is 2.25. The van der Waals surface area contributed by atoms with Gasteiger partial charge < -0.3 is 15.5 Å². The van der Waals surface area contributed by atoms with E-state index in [1.807, 2.05) is 13.8 Å². The highest BCUT2D eigenvalue weighted by Gasteiger charge is 2.18. The van der Waals surface area contributed by atoms with E-state index in [0.29, 0.717) is 5.33 Å². The Kier molecular flexibility index (Phi) is 4.81. The van der Waals surface area contributed by atoms with Crippen molar-refractivity contribution in [2.24, 2.45) is 5.92 Å². The van der Waals surface area contributed by atoms with Gasteiger partial charge in [-0.1, -0.05) is 29.8 Å². The molecule has 0 spiro atoms. The Hall–Kier alpha value is -1.23. The van der Waals surface area contributed by atoms with Crippen LogP contribution in [0.1, 0.15) is 24.2 Å². The summed E-state index contributed by atoms with van der Waals surface area (Å²) in [5, 5.41) is 22.3. The van der Waals surface area contributed by atoms with Crippen LogP contribution in [0.15, 0.2) is 18.2 Å². The average Bonchev–Trinajstić information content (AvgIpc) is 2.28. The van der Waals surface area contributed by atoms with Crippen LogP contribution < -0.4 is 5.32 Å². The molecule has 0 fully saturated rings. The quantitative estimate of drug-likeness (QED) is 0.590. The van der Waals surface area contributed by atoms with Gasteiger partial charge in [-0.05, 0) is 24.1 Å². The van der Waals surface area contributed by atoms with E-state index < -0.39 is 5.91 Å². The zero-order valence-corrected chi connectivity index (χ0v) is 11.4. The van der Waals surface area contributed by atoms with Crippen LogP contribution in [-0.2, 0) is 0 Å². The Morgan fingerprint density at radius 3 is 2.59 bits per heavy atom. The molecular formula is C12H16BrNO3. The number of carbonyl (C=O) groups is 1. The Morgan fingerprint density at radius 2 is 2.06 bits per heavy atom. The number of halogens is 1. The molecule has 1 amide bonds. The molecule has 0 aliphatic heterocycles. The van der Waals surface area contributed by atoms with Crippen LogP contribution in [0.2, 0.25) is 0 Å². The first-order chi connectivity index (χ1) is 7.95. The molecule has 1 aromatic rings. The molecule has 0 bridgehead atoms. The lowest BCUT2D eigenvalue weighted by Gasteiger charge is -2.20. The zero-order valence-electron chi connectivity index (χ0n) is 9.77. The molecule has 0 aliphatic carbocycles. The third-order valence-electron chi connectivity index (χ3n) is 2.51. The summed E-state index contributed by atoms with van der Waals surface area (Å²) in [5.41, 5.74) is 0.0802. The van der Waals surface area contributed by atoms with Gasteiger partial charge in [-0.2, -0.15) is 0 Å². The highest BCUT2D eigenvalue weighted by Crippen LogP contribution is 2.22. The maximum Gasteiger partial charge on any atom is 0.255 e. The lowest BCUT2D eigenvalue weighted by Crippen LogP contribution is -2.39. The first kappa shape index (κ1) is 13.8. The summed E-state index contributed by atoms with van der Waals surface area (Å²) in [6, 6.07) is 3.85. The molecule has 1 rings (SSSR count). The van der Waals surface area contributed by atoms with Gasteiger partial charge in [-0.3, -0.25) is 4.79 Å². The van der Waals surface area contributed by atoms with Gasteiger partial charge in [0.25, 0.3) is 5.91 Å². The molecule has 4 nitrogen and oxygen atoms in total. The van der Waals surface area contributed by atoms with Crippen molar-refractivity contribution in [3.8, 4) is 11.5 Å². The SMILES string of the molecule is CC(C)C(CBr)NC(=O)c1cc(O)ccc1O. The van der Waals surface area contributed by atoms with Crippen LogP contribution in [0.5, 0.6) is 11.5 Å². The number of phenols is 2. The van der Waals surface area contributed by atoms with Gasteiger partial charge in [0, 0.05) is 11.4 Å². The summed E-state index contributed by atoms with van der Waals surface area (Å²) in [6.07, 6.45) is 0. The van der Waals surface area contributed by atoms with Crippen LogP contribution in [0.4, 0.5) is 0 Å². The van der Waals surface area contributed by atoms with Crippen molar-refractivity contribution >= 4 is 21.8 Å². The van der Waals surface area contributed by atoms with Crippen molar-refractivity contribution in [2.75, 3.05) is 5.33 Å². The van der Waals surface area contributed by atoms with Crippen LogP contribution in [0, 0.1) is 5.92 Å². The van der Waals surface area contributed by atoms with Crippen LogP contribution in [-0.4, -0.2) is 27.5 Å². The third kappa shape index (κ3) is 3.63.